The number of nitrogens with zero attached hydrogens (tertiary/aromatic N) is 1. The zero-order valence-corrected chi connectivity index (χ0v) is 11.0. The van der Waals surface area contributed by atoms with Crippen LogP contribution in [0.4, 0.5) is 10.1 Å². The van der Waals surface area contributed by atoms with Crippen molar-refractivity contribution in [3.63, 3.8) is 0 Å². The molecule has 0 radical (unpaired) electrons. The Morgan fingerprint density at radius 1 is 1.29 bits per heavy atom. The summed E-state index contributed by atoms with van der Waals surface area (Å²) in [6.45, 7) is 7.67. The van der Waals surface area contributed by atoms with Crippen molar-refractivity contribution in [3.05, 3.63) is 30.1 Å². The van der Waals surface area contributed by atoms with Crippen LogP contribution in [0.1, 0.15) is 27.2 Å². The van der Waals surface area contributed by atoms with Gasteiger partial charge in [-0.05, 0) is 25.0 Å². The van der Waals surface area contributed by atoms with Crippen molar-refractivity contribution in [2.45, 2.75) is 33.2 Å². The summed E-state index contributed by atoms with van der Waals surface area (Å²) in [5.74, 6) is 0.288. The number of para-hydroxylation sites is 1. The molecule has 1 aromatic carbocycles. The first kappa shape index (κ1) is 14.0. The normalized spacial score (nSPS) is 14.4. The Morgan fingerprint density at radius 2 is 1.94 bits per heavy atom. The third kappa shape index (κ3) is 3.19. The monoisotopic (exact) mass is 238 g/mol. The van der Waals surface area contributed by atoms with Gasteiger partial charge >= 0.3 is 0 Å². The van der Waals surface area contributed by atoms with Gasteiger partial charge < -0.3 is 10.6 Å². The topological polar surface area (TPSA) is 29.3 Å². The Kier molecular flexibility index (Phi) is 5.42. The molecule has 96 valence electrons. The number of hydrogen-bond donors (Lipinski definition) is 1. The largest absolute Gasteiger partial charge is 0.365 e. The average molecular weight is 238 g/mol. The van der Waals surface area contributed by atoms with E-state index in [2.05, 4.69) is 18.7 Å². The van der Waals surface area contributed by atoms with E-state index in [-0.39, 0.29) is 11.9 Å². The van der Waals surface area contributed by atoms with Crippen LogP contribution in [0.5, 0.6) is 0 Å². The van der Waals surface area contributed by atoms with Gasteiger partial charge in [-0.25, -0.2) is 4.39 Å². The number of halogens is 1. The Hall–Kier alpha value is -1.09. The smallest absolute Gasteiger partial charge is 0.146 e. The second kappa shape index (κ2) is 6.60. The van der Waals surface area contributed by atoms with Gasteiger partial charge in [0.25, 0.3) is 0 Å². The molecule has 2 N–H and O–H groups in total. The predicted molar refractivity (Wildman–Crippen MR) is 71.7 cm³/mol. The fourth-order valence-electron chi connectivity index (χ4n) is 2.21. The van der Waals surface area contributed by atoms with E-state index in [9.17, 15) is 4.39 Å². The number of rotatable bonds is 6. The summed E-state index contributed by atoms with van der Waals surface area (Å²) in [6, 6.07) is 7.10. The van der Waals surface area contributed by atoms with Crippen molar-refractivity contribution >= 4 is 5.69 Å². The Labute approximate surface area is 104 Å². The molecule has 1 aromatic rings. The van der Waals surface area contributed by atoms with Crippen LogP contribution in [0.15, 0.2) is 24.3 Å². The summed E-state index contributed by atoms with van der Waals surface area (Å²) in [7, 11) is 0. The minimum atomic E-state index is -0.170. The number of nitrogens with two attached hydrogens (primary N) is 1. The maximum Gasteiger partial charge on any atom is 0.146 e. The van der Waals surface area contributed by atoms with Crippen LogP contribution in [0.3, 0.4) is 0 Å². The van der Waals surface area contributed by atoms with Gasteiger partial charge in [-0.15, -0.1) is 0 Å². The first-order valence-corrected chi connectivity index (χ1v) is 6.36. The third-order valence-corrected chi connectivity index (χ3v) is 3.45. The van der Waals surface area contributed by atoms with Crippen LogP contribution >= 0.6 is 0 Å². The van der Waals surface area contributed by atoms with Gasteiger partial charge in [0.15, 0.2) is 0 Å². The van der Waals surface area contributed by atoms with Crippen LogP contribution in [0.25, 0.3) is 0 Å². The lowest BCUT2D eigenvalue weighted by molar-refractivity contribution is 0.418. The lowest BCUT2D eigenvalue weighted by atomic mass is 9.97. The van der Waals surface area contributed by atoms with Gasteiger partial charge in [0.1, 0.15) is 5.82 Å². The van der Waals surface area contributed by atoms with Crippen molar-refractivity contribution in [2.75, 3.05) is 18.0 Å². The van der Waals surface area contributed by atoms with Crippen molar-refractivity contribution < 1.29 is 4.39 Å². The van der Waals surface area contributed by atoms with Gasteiger partial charge in [-0.2, -0.15) is 0 Å². The second-order valence-corrected chi connectivity index (χ2v) is 4.43. The van der Waals surface area contributed by atoms with Gasteiger partial charge in [0, 0.05) is 19.1 Å². The van der Waals surface area contributed by atoms with Crippen molar-refractivity contribution in [1.82, 2.24) is 0 Å². The number of benzene rings is 1. The quantitative estimate of drug-likeness (QED) is 0.825. The average Bonchev–Trinajstić information content (AvgIpc) is 2.36. The molecule has 0 saturated carbocycles. The molecule has 0 bridgehead atoms. The standard InChI is InChI=1S/C14H23FN2/c1-4-11(3)14(10-16)17(5-2)13-9-7-6-8-12(13)15/h6-9,11,14H,4-5,10,16H2,1-3H3. The van der Waals surface area contributed by atoms with Crippen molar-refractivity contribution in [3.8, 4) is 0 Å². The molecular formula is C14H23FN2. The van der Waals surface area contributed by atoms with E-state index in [1.54, 1.807) is 6.07 Å². The fraction of sp³-hybridized carbons (Fsp3) is 0.571. The molecule has 1 rings (SSSR count). The Morgan fingerprint density at radius 3 is 2.41 bits per heavy atom. The first-order valence-electron chi connectivity index (χ1n) is 6.36. The van der Waals surface area contributed by atoms with E-state index in [1.807, 2.05) is 19.1 Å². The summed E-state index contributed by atoms with van der Waals surface area (Å²) in [6.07, 6.45) is 1.05. The SMILES string of the molecule is CCC(C)C(CN)N(CC)c1ccccc1F. The molecule has 0 amide bonds. The summed E-state index contributed by atoms with van der Waals surface area (Å²) in [5.41, 5.74) is 6.51. The fourth-order valence-corrected chi connectivity index (χ4v) is 2.21. The summed E-state index contributed by atoms with van der Waals surface area (Å²) < 4.78 is 13.8. The highest BCUT2D eigenvalue weighted by molar-refractivity contribution is 5.48. The minimum absolute atomic E-state index is 0.170. The van der Waals surface area contributed by atoms with E-state index in [1.165, 1.54) is 6.07 Å². The molecule has 0 heterocycles. The Balaban J connectivity index is 3.01. The molecule has 2 atom stereocenters. The zero-order chi connectivity index (χ0) is 12.8. The highest BCUT2D eigenvalue weighted by atomic mass is 19.1. The van der Waals surface area contributed by atoms with E-state index in [4.69, 9.17) is 5.73 Å². The predicted octanol–water partition coefficient (Wildman–Crippen LogP) is 3.03. The van der Waals surface area contributed by atoms with Gasteiger partial charge in [0.05, 0.1) is 5.69 Å². The van der Waals surface area contributed by atoms with Crippen LogP contribution in [0, 0.1) is 11.7 Å². The minimum Gasteiger partial charge on any atom is -0.365 e. The lowest BCUT2D eigenvalue weighted by Crippen LogP contribution is -2.45. The molecule has 0 aliphatic heterocycles. The molecule has 0 aliphatic carbocycles. The highest BCUT2D eigenvalue weighted by Gasteiger charge is 2.23. The van der Waals surface area contributed by atoms with Crippen molar-refractivity contribution in [1.29, 1.82) is 0 Å². The van der Waals surface area contributed by atoms with E-state index < -0.39 is 0 Å². The first-order chi connectivity index (χ1) is 8.15. The molecule has 17 heavy (non-hydrogen) atoms. The molecule has 2 nitrogen and oxygen atoms in total. The van der Waals surface area contributed by atoms with Gasteiger partial charge in [-0.1, -0.05) is 32.4 Å². The molecule has 0 spiro atoms. The van der Waals surface area contributed by atoms with Crippen molar-refractivity contribution in [2.24, 2.45) is 11.7 Å². The summed E-state index contributed by atoms with van der Waals surface area (Å²) >= 11 is 0. The summed E-state index contributed by atoms with van der Waals surface area (Å²) in [5, 5.41) is 0. The van der Waals surface area contributed by atoms with E-state index >= 15 is 0 Å². The molecule has 0 aliphatic rings. The van der Waals surface area contributed by atoms with Crippen LogP contribution in [-0.2, 0) is 0 Å². The maximum absolute atomic E-state index is 13.8. The molecular weight excluding hydrogens is 215 g/mol. The molecule has 0 fully saturated rings. The number of anilines is 1. The van der Waals surface area contributed by atoms with E-state index in [0.29, 0.717) is 18.2 Å². The third-order valence-electron chi connectivity index (χ3n) is 3.45. The zero-order valence-electron chi connectivity index (χ0n) is 11.0. The number of likely N-dealkylation sites (N-methyl/N-ethyl adjacent to an activating group) is 1. The molecule has 3 heteroatoms. The van der Waals surface area contributed by atoms with Crippen LogP contribution in [0.2, 0.25) is 0 Å². The maximum atomic E-state index is 13.8. The van der Waals surface area contributed by atoms with Crippen LogP contribution < -0.4 is 10.6 Å². The molecule has 0 aromatic heterocycles. The molecule has 2 unspecified atom stereocenters. The number of hydrogen-bond acceptors (Lipinski definition) is 2. The van der Waals surface area contributed by atoms with Gasteiger partial charge in [0.2, 0.25) is 0 Å². The Bertz CT molecular complexity index is 341. The lowest BCUT2D eigenvalue weighted by Gasteiger charge is -2.36. The highest BCUT2D eigenvalue weighted by Crippen LogP contribution is 2.24. The van der Waals surface area contributed by atoms with Crippen LogP contribution in [-0.4, -0.2) is 19.1 Å². The second-order valence-electron chi connectivity index (χ2n) is 4.43. The van der Waals surface area contributed by atoms with E-state index in [0.717, 1.165) is 13.0 Å². The molecule has 0 saturated heterocycles. The summed E-state index contributed by atoms with van der Waals surface area (Å²) in [4.78, 5) is 2.07. The van der Waals surface area contributed by atoms with Gasteiger partial charge in [-0.3, -0.25) is 0 Å².